The normalized spacial score (nSPS) is 11.2. The van der Waals surface area contributed by atoms with Crippen molar-refractivity contribution in [2.75, 3.05) is 24.8 Å². The summed E-state index contributed by atoms with van der Waals surface area (Å²) >= 11 is 0. The lowest BCUT2D eigenvalue weighted by molar-refractivity contribution is -0.120. The Hall–Kier alpha value is -1.93. The molecule has 128 valence electrons. The van der Waals surface area contributed by atoms with Gasteiger partial charge in [0, 0.05) is 18.6 Å². The lowest BCUT2D eigenvalue weighted by Crippen LogP contribution is -2.19. The van der Waals surface area contributed by atoms with Crippen molar-refractivity contribution in [1.29, 1.82) is 0 Å². The van der Waals surface area contributed by atoms with Gasteiger partial charge in [0.25, 0.3) is 0 Å². The molecule has 8 heteroatoms. The van der Waals surface area contributed by atoms with Crippen LogP contribution in [-0.4, -0.2) is 44.9 Å². The zero-order valence-electron chi connectivity index (χ0n) is 13.2. The van der Waals surface area contributed by atoms with Gasteiger partial charge in [-0.3, -0.25) is 4.79 Å². The van der Waals surface area contributed by atoms with Crippen molar-refractivity contribution in [3.05, 3.63) is 23.8 Å². The van der Waals surface area contributed by atoms with Gasteiger partial charge in [0.05, 0.1) is 10.5 Å². The molecular formula is C15H21NO6S. The fourth-order valence-electron chi connectivity index (χ4n) is 1.82. The quantitative estimate of drug-likeness (QED) is 0.663. The zero-order chi connectivity index (χ0) is 17.5. The minimum Gasteiger partial charge on any atom is -0.478 e. The fraction of sp³-hybridized carbons (Fsp3) is 0.467. The number of rotatable bonds is 9. The summed E-state index contributed by atoms with van der Waals surface area (Å²) in [7, 11) is -3.59. The third-order valence-electron chi connectivity index (χ3n) is 2.99. The highest BCUT2D eigenvalue weighted by molar-refractivity contribution is 7.90. The third-order valence-corrected chi connectivity index (χ3v) is 4.08. The Morgan fingerprint density at radius 3 is 2.48 bits per heavy atom. The molecule has 0 aliphatic rings. The number of aromatic carboxylic acids is 1. The van der Waals surface area contributed by atoms with Crippen LogP contribution >= 0.6 is 0 Å². The van der Waals surface area contributed by atoms with E-state index < -0.39 is 21.7 Å². The Balaban J connectivity index is 2.77. The molecule has 0 saturated heterocycles. The Bertz CT molecular complexity index is 669. The van der Waals surface area contributed by atoms with Crippen LogP contribution in [0.1, 0.15) is 36.5 Å². The largest absolute Gasteiger partial charge is 0.478 e. The summed E-state index contributed by atoms with van der Waals surface area (Å²) < 4.78 is 28.4. The van der Waals surface area contributed by atoms with Gasteiger partial charge in [-0.2, -0.15) is 0 Å². The first kappa shape index (κ1) is 19.1. The van der Waals surface area contributed by atoms with Gasteiger partial charge in [-0.15, -0.1) is 0 Å². The smallest absolute Gasteiger partial charge is 0.335 e. The number of carboxylic acid groups (broad SMARTS) is 1. The van der Waals surface area contributed by atoms with E-state index in [2.05, 4.69) is 12.2 Å². The summed E-state index contributed by atoms with van der Waals surface area (Å²) in [6, 6.07) is 3.47. The highest BCUT2D eigenvalue weighted by atomic mass is 32.2. The highest BCUT2D eigenvalue weighted by Gasteiger charge is 2.14. The number of anilines is 1. The predicted molar refractivity (Wildman–Crippen MR) is 85.5 cm³/mol. The summed E-state index contributed by atoms with van der Waals surface area (Å²) in [5, 5.41) is 11.5. The van der Waals surface area contributed by atoms with Gasteiger partial charge < -0.3 is 15.2 Å². The molecule has 0 aromatic heterocycles. The molecule has 0 saturated carbocycles. The third kappa shape index (κ3) is 6.79. The molecule has 0 atom stereocenters. The average Bonchev–Trinajstić information content (AvgIpc) is 2.45. The second-order valence-corrected chi connectivity index (χ2v) is 7.15. The van der Waals surface area contributed by atoms with Gasteiger partial charge in [0.1, 0.15) is 6.61 Å². The standard InChI is InChI=1S/C15H21NO6S/c1-3-4-5-6-22-10-14(17)16-12-7-11(15(18)19)8-13(9-12)23(2,20)21/h7-9H,3-6,10H2,1-2H3,(H,16,17)(H,18,19). The highest BCUT2D eigenvalue weighted by Crippen LogP contribution is 2.19. The Labute approximate surface area is 135 Å². The topological polar surface area (TPSA) is 110 Å². The van der Waals surface area contributed by atoms with Crippen molar-refractivity contribution in [1.82, 2.24) is 0 Å². The molecular weight excluding hydrogens is 322 g/mol. The van der Waals surface area contributed by atoms with Crippen LogP contribution in [0.4, 0.5) is 5.69 Å². The molecule has 2 N–H and O–H groups in total. The van der Waals surface area contributed by atoms with Crippen molar-refractivity contribution >= 4 is 27.4 Å². The van der Waals surface area contributed by atoms with Gasteiger partial charge in [0.15, 0.2) is 9.84 Å². The first-order valence-electron chi connectivity index (χ1n) is 7.20. The number of unbranched alkanes of at least 4 members (excludes halogenated alkanes) is 2. The monoisotopic (exact) mass is 343 g/mol. The van der Waals surface area contributed by atoms with Crippen LogP contribution in [0.5, 0.6) is 0 Å². The summed E-state index contributed by atoms with van der Waals surface area (Å²) in [6.07, 6.45) is 3.89. The maximum absolute atomic E-state index is 11.8. The zero-order valence-corrected chi connectivity index (χ0v) is 14.0. The van der Waals surface area contributed by atoms with Crippen molar-refractivity contribution in [3.63, 3.8) is 0 Å². The van der Waals surface area contributed by atoms with E-state index in [-0.39, 0.29) is 22.8 Å². The lowest BCUT2D eigenvalue weighted by Gasteiger charge is -2.09. The maximum Gasteiger partial charge on any atom is 0.335 e. The Morgan fingerprint density at radius 2 is 1.91 bits per heavy atom. The molecule has 0 bridgehead atoms. The van der Waals surface area contributed by atoms with E-state index in [1.165, 1.54) is 12.1 Å². The van der Waals surface area contributed by atoms with Crippen LogP contribution in [-0.2, 0) is 19.4 Å². The first-order valence-corrected chi connectivity index (χ1v) is 9.09. The van der Waals surface area contributed by atoms with E-state index in [1.54, 1.807) is 0 Å². The molecule has 0 heterocycles. The Kier molecular flexibility index (Phi) is 7.18. The van der Waals surface area contributed by atoms with E-state index >= 15 is 0 Å². The molecule has 0 aliphatic heterocycles. The van der Waals surface area contributed by atoms with Crippen LogP contribution < -0.4 is 5.32 Å². The van der Waals surface area contributed by atoms with Crippen LogP contribution in [0.25, 0.3) is 0 Å². The van der Waals surface area contributed by atoms with E-state index in [4.69, 9.17) is 9.84 Å². The van der Waals surface area contributed by atoms with Crippen molar-refractivity contribution in [3.8, 4) is 0 Å². The van der Waals surface area contributed by atoms with Gasteiger partial charge in [0.2, 0.25) is 5.91 Å². The molecule has 0 radical (unpaired) electrons. The second-order valence-electron chi connectivity index (χ2n) is 5.13. The second kappa shape index (κ2) is 8.64. The number of ether oxygens (including phenoxy) is 1. The molecule has 0 spiro atoms. The van der Waals surface area contributed by atoms with Gasteiger partial charge in [-0.05, 0) is 24.6 Å². The molecule has 0 aliphatic carbocycles. The minimum absolute atomic E-state index is 0.104. The Morgan fingerprint density at radius 1 is 1.22 bits per heavy atom. The van der Waals surface area contributed by atoms with E-state index in [9.17, 15) is 18.0 Å². The number of benzene rings is 1. The van der Waals surface area contributed by atoms with E-state index in [0.717, 1.165) is 31.6 Å². The van der Waals surface area contributed by atoms with Crippen molar-refractivity contribution in [2.45, 2.75) is 31.1 Å². The fourth-order valence-corrected chi connectivity index (χ4v) is 2.51. The molecule has 1 aromatic rings. The number of amides is 1. The van der Waals surface area contributed by atoms with Gasteiger partial charge in [-0.1, -0.05) is 19.8 Å². The number of carbonyl (C=O) groups excluding carboxylic acids is 1. The van der Waals surface area contributed by atoms with Gasteiger partial charge in [-0.25, -0.2) is 13.2 Å². The van der Waals surface area contributed by atoms with Crippen LogP contribution in [0.3, 0.4) is 0 Å². The number of nitrogens with one attached hydrogen (secondary N) is 1. The summed E-state index contributed by atoms with van der Waals surface area (Å²) in [6.45, 7) is 2.35. The molecule has 1 aromatic carbocycles. The lowest BCUT2D eigenvalue weighted by atomic mass is 10.2. The number of sulfone groups is 1. The number of carboxylic acids is 1. The molecule has 7 nitrogen and oxygen atoms in total. The van der Waals surface area contributed by atoms with Gasteiger partial charge >= 0.3 is 5.97 Å². The van der Waals surface area contributed by atoms with Crippen molar-refractivity contribution in [2.24, 2.45) is 0 Å². The first-order chi connectivity index (χ1) is 10.7. The van der Waals surface area contributed by atoms with E-state index in [1.807, 2.05) is 0 Å². The molecule has 1 rings (SSSR count). The number of carbonyl (C=O) groups is 2. The van der Waals surface area contributed by atoms with Crippen LogP contribution in [0.2, 0.25) is 0 Å². The SMILES string of the molecule is CCCCCOCC(=O)Nc1cc(C(=O)O)cc(S(C)(=O)=O)c1. The summed E-state index contributed by atoms with van der Waals surface area (Å²) in [4.78, 5) is 22.6. The molecule has 0 unspecified atom stereocenters. The van der Waals surface area contributed by atoms with Crippen molar-refractivity contribution < 1.29 is 27.9 Å². The number of hydrogen-bond donors (Lipinski definition) is 2. The summed E-state index contributed by atoms with van der Waals surface area (Å²) in [5.74, 6) is -1.75. The van der Waals surface area contributed by atoms with Crippen LogP contribution in [0, 0.1) is 0 Å². The molecule has 0 fully saturated rings. The van der Waals surface area contributed by atoms with Crippen LogP contribution in [0.15, 0.2) is 23.1 Å². The summed E-state index contributed by atoms with van der Waals surface area (Å²) in [5.41, 5.74) is -0.112. The maximum atomic E-state index is 11.8. The predicted octanol–water partition coefficient (Wildman–Crippen LogP) is 1.93. The average molecular weight is 343 g/mol. The molecule has 23 heavy (non-hydrogen) atoms. The molecule has 1 amide bonds. The van der Waals surface area contributed by atoms with E-state index in [0.29, 0.717) is 6.61 Å². The minimum atomic E-state index is -3.59. The number of hydrogen-bond acceptors (Lipinski definition) is 5.